The molecule has 7 nitrogen and oxygen atoms in total. The van der Waals surface area contributed by atoms with E-state index in [0.29, 0.717) is 31.7 Å². The zero-order valence-corrected chi connectivity index (χ0v) is 17.6. The number of fused-ring (bicyclic) bond motifs is 1. The lowest BCUT2D eigenvalue weighted by molar-refractivity contribution is -0.131. The van der Waals surface area contributed by atoms with Crippen LogP contribution in [0.5, 0.6) is 5.75 Å². The van der Waals surface area contributed by atoms with Gasteiger partial charge in [0.2, 0.25) is 5.91 Å². The van der Waals surface area contributed by atoms with Crippen LogP contribution in [0.3, 0.4) is 0 Å². The van der Waals surface area contributed by atoms with Crippen LogP contribution >= 0.6 is 0 Å². The average Bonchev–Trinajstić information content (AvgIpc) is 3.16. The van der Waals surface area contributed by atoms with E-state index in [-0.39, 0.29) is 23.6 Å². The lowest BCUT2D eigenvalue weighted by atomic mass is 10.0. The number of rotatable bonds is 5. The minimum absolute atomic E-state index is 0.122. The highest BCUT2D eigenvalue weighted by Crippen LogP contribution is 2.30. The number of halogens is 1. The number of hydrogen-bond acceptors (Lipinski definition) is 6. The molecule has 2 aliphatic rings. The molecule has 3 heterocycles. The maximum Gasteiger partial charge on any atom is 0.222 e. The molecule has 0 aliphatic carbocycles. The molecule has 0 unspecified atom stereocenters. The van der Waals surface area contributed by atoms with Gasteiger partial charge in [-0.15, -0.1) is 0 Å². The summed E-state index contributed by atoms with van der Waals surface area (Å²) in [6.07, 6.45) is 1.94. The molecule has 8 heteroatoms. The molecule has 30 heavy (non-hydrogen) atoms. The Hall–Kier alpha value is -3.03. The van der Waals surface area contributed by atoms with E-state index in [0.717, 1.165) is 35.7 Å². The van der Waals surface area contributed by atoms with Crippen LogP contribution in [0.1, 0.15) is 44.0 Å². The van der Waals surface area contributed by atoms with Gasteiger partial charge in [0.05, 0.1) is 24.1 Å². The van der Waals surface area contributed by atoms with Gasteiger partial charge in [-0.05, 0) is 31.5 Å². The number of amides is 1. The molecular weight excluding hydrogens is 385 g/mol. The summed E-state index contributed by atoms with van der Waals surface area (Å²) in [6, 6.07) is 5.13. The molecule has 0 spiro atoms. The largest absolute Gasteiger partial charge is 0.488 e. The van der Waals surface area contributed by atoms with Crippen molar-refractivity contribution >= 4 is 17.4 Å². The first-order valence-corrected chi connectivity index (χ1v) is 10.3. The van der Waals surface area contributed by atoms with E-state index in [4.69, 9.17) is 4.74 Å². The summed E-state index contributed by atoms with van der Waals surface area (Å²) >= 11 is 0. The Bertz CT molecular complexity index is 983. The second-order valence-electron chi connectivity index (χ2n) is 7.75. The quantitative estimate of drug-likeness (QED) is 0.757. The fraction of sp³-hybridized carbons (Fsp3) is 0.455. The van der Waals surface area contributed by atoms with Crippen molar-refractivity contribution in [3.8, 4) is 5.75 Å². The standard InChI is InChI=1S/C22H26FN5O2/c1-4-21(29)28-7-5-27(6-8-28)20-11-18(25-13-26-20)22-16-10-19(30-14(2)3)17(23)9-15(16)12-24-22/h9-11,13-14H,4-8,12H2,1-3H3. The lowest BCUT2D eigenvalue weighted by Crippen LogP contribution is -2.48. The first-order chi connectivity index (χ1) is 14.5. The van der Waals surface area contributed by atoms with Gasteiger partial charge in [-0.2, -0.15) is 0 Å². The first kappa shape index (κ1) is 20.3. The van der Waals surface area contributed by atoms with Gasteiger partial charge in [0.25, 0.3) is 0 Å². The molecule has 2 aromatic rings. The number of carbonyl (C=O) groups is 1. The van der Waals surface area contributed by atoms with Gasteiger partial charge < -0.3 is 14.5 Å². The Balaban J connectivity index is 1.56. The summed E-state index contributed by atoms with van der Waals surface area (Å²) in [4.78, 5) is 29.4. The Morgan fingerprint density at radius 2 is 1.93 bits per heavy atom. The Kier molecular flexibility index (Phi) is 5.65. The number of benzene rings is 1. The van der Waals surface area contributed by atoms with Crippen LogP contribution in [0.15, 0.2) is 29.5 Å². The molecule has 1 aromatic carbocycles. The second kappa shape index (κ2) is 8.38. The third kappa shape index (κ3) is 3.99. The zero-order chi connectivity index (χ0) is 21.3. The number of carbonyl (C=O) groups excluding carboxylic acids is 1. The van der Waals surface area contributed by atoms with Crippen molar-refractivity contribution in [3.63, 3.8) is 0 Å². The van der Waals surface area contributed by atoms with Crippen LogP contribution < -0.4 is 9.64 Å². The van der Waals surface area contributed by atoms with Crippen molar-refractivity contribution in [2.75, 3.05) is 31.1 Å². The first-order valence-electron chi connectivity index (χ1n) is 10.3. The normalized spacial score (nSPS) is 16.0. The van der Waals surface area contributed by atoms with Gasteiger partial charge in [-0.1, -0.05) is 6.92 Å². The number of aromatic nitrogens is 2. The molecular formula is C22H26FN5O2. The highest BCUT2D eigenvalue weighted by Gasteiger charge is 2.25. The molecule has 1 fully saturated rings. The highest BCUT2D eigenvalue weighted by atomic mass is 19.1. The van der Waals surface area contributed by atoms with Crippen LogP contribution in [0, 0.1) is 5.82 Å². The molecule has 1 amide bonds. The summed E-state index contributed by atoms with van der Waals surface area (Å²) in [7, 11) is 0. The van der Waals surface area contributed by atoms with E-state index in [2.05, 4.69) is 19.9 Å². The summed E-state index contributed by atoms with van der Waals surface area (Å²) in [5.74, 6) is 0.841. The van der Waals surface area contributed by atoms with Crippen molar-refractivity contribution < 1.29 is 13.9 Å². The molecule has 1 saturated heterocycles. The number of nitrogens with zero attached hydrogens (tertiary/aromatic N) is 5. The molecule has 4 rings (SSSR count). The smallest absolute Gasteiger partial charge is 0.222 e. The molecule has 1 aromatic heterocycles. The third-order valence-electron chi connectivity index (χ3n) is 5.34. The summed E-state index contributed by atoms with van der Waals surface area (Å²) in [5.41, 5.74) is 3.09. The van der Waals surface area contributed by atoms with E-state index in [1.165, 1.54) is 12.4 Å². The van der Waals surface area contributed by atoms with Gasteiger partial charge in [0.1, 0.15) is 12.1 Å². The predicted molar refractivity (Wildman–Crippen MR) is 113 cm³/mol. The van der Waals surface area contributed by atoms with E-state index >= 15 is 0 Å². The fourth-order valence-electron chi connectivity index (χ4n) is 3.82. The van der Waals surface area contributed by atoms with Crippen LogP contribution in [-0.2, 0) is 11.3 Å². The summed E-state index contributed by atoms with van der Waals surface area (Å²) < 4.78 is 19.9. The van der Waals surface area contributed by atoms with Crippen molar-refractivity contribution in [1.29, 1.82) is 0 Å². The summed E-state index contributed by atoms with van der Waals surface area (Å²) in [6.45, 7) is 8.86. The van der Waals surface area contributed by atoms with Crippen LogP contribution in [0.2, 0.25) is 0 Å². The number of anilines is 1. The monoisotopic (exact) mass is 411 g/mol. The molecule has 0 radical (unpaired) electrons. The molecule has 0 atom stereocenters. The molecule has 0 bridgehead atoms. The maximum atomic E-state index is 14.3. The zero-order valence-electron chi connectivity index (χ0n) is 17.6. The minimum Gasteiger partial charge on any atom is -0.488 e. The van der Waals surface area contributed by atoms with Crippen LogP contribution in [0.4, 0.5) is 10.2 Å². The molecule has 0 N–H and O–H groups in total. The topological polar surface area (TPSA) is 70.9 Å². The third-order valence-corrected chi connectivity index (χ3v) is 5.34. The SMILES string of the molecule is CCC(=O)N1CCN(c2cc(C3=NCc4cc(F)c(OC(C)C)cc43)ncn2)CC1. The molecule has 158 valence electrons. The van der Waals surface area contributed by atoms with Gasteiger partial charge in [-0.3, -0.25) is 9.79 Å². The van der Waals surface area contributed by atoms with Gasteiger partial charge in [0.15, 0.2) is 11.6 Å². The van der Waals surface area contributed by atoms with Crippen molar-refractivity contribution in [3.05, 3.63) is 47.2 Å². The van der Waals surface area contributed by atoms with Gasteiger partial charge >= 0.3 is 0 Å². The Morgan fingerprint density at radius 1 is 1.17 bits per heavy atom. The number of aliphatic imine (C=N–C) groups is 1. The van der Waals surface area contributed by atoms with Gasteiger partial charge in [-0.25, -0.2) is 14.4 Å². The Labute approximate surface area is 175 Å². The van der Waals surface area contributed by atoms with E-state index in [1.807, 2.05) is 31.7 Å². The average molecular weight is 411 g/mol. The van der Waals surface area contributed by atoms with E-state index in [9.17, 15) is 9.18 Å². The second-order valence-corrected chi connectivity index (χ2v) is 7.75. The molecule has 2 aliphatic heterocycles. The van der Waals surface area contributed by atoms with Gasteiger partial charge in [0, 0.05) is 44.2 Å². The minimum atomic E-state index is -0.373. The number of ether oxygens (including phenoxy) is 1. The summed E-state index contributed by atoms with van der Waals surface area (Å²) in [5, 5.41) is 0. The van der Waals surface area contributed by atoms with Crippen molar-refractivity contribution in [2.45, 2.75) is 39.8 Å². The lowest BCUT2D eigenvalue weighted by Gasteiger charge is -2.35. The van der Waals surface area contributed by atoms with Crippen LogP contribution in [-0.4, -0.2) is 58.8 Å². The maximum absolute atomic E-state index is 14.3. The molecule has 0 saturated carbocycles. The van der Waals surface area contributed by atoms with E-state index in [1.54, 1.807) is 6.07 Å². The van der Waals surface area contributed by atoms with Crippen molar-refractivity contribution in [2.24, 2.45) is 4.99 Å². The van der Waals surface area contributed by atoms with E-state index < -0.39 is 0 Å². The van der Waals surface area contributed by atoms with Crippen molar-refractivity contribution in [1.82, 2.24) is 14.9 Å². The fourth-order valence-corrected chi connectivity index (χ4v) is 3.82. The van der Waals surface area contributed by atoms with Crippen LogP contribution in [0.25, 0.3) is 0 Å². The number of piperazine rings is 1. The number of hydrogen-bond donors (Lipinski definition) is 0. The predicted octanol–water partition coefficient (Wildman–Crippen LogP) is 2.81. The Morgan fingerprint density at radius 3 is 2.63 bits per heavy atom. The highest BCUT2D eigenvalue weighted by molar-refractivity contribution is 6.14.